The molecule has 1 aliphatic rings. The highest BCUT2D eigenvalue weighted by atomic mass is 32.1. The van der Waals surface area contributed by atoms with Gasteiger partial charge in [-0.1, -0.05) is 41.7 Å². The van der Waals surface area contributed by atoms with Crippen LogP contribution in [0.1, 0.15) is 34.3 Å². The number of carbonyl (C=O) groups excluding carboxylic acids is 1. The van der Waals surface area contributed by atoms with Gasteiger partial charge in [0.15, 0.2) is 5.01 Å². The van der Waals surface area contributed by atoms with E-state index in [-0.39, 0.29) is 11.3 Å². The number of aromatic nitrogens is 2. The lowest BCUT2D eigenvalue weighted by atomic mass is 9.93. The van der Waals surface area contributed by atoms with Crippen molar-refractivity contribution in [3.05, 3.63) is 59.2 Å². The smallest absolute Gasteiger partial charge is 0.280 e. The van der Waals surface area contributed by atoms with Gasteiger partial charge in [-0.3, -0.25) is 4.79 Å². The van der Waals surface area contributed by atoms with Crippen LogP contribution in [0.25, 0.3) is 10.3 Å². The van der Waals surface area contributed by atoms with Crippen LogP contribution >= 0.6 is 11.3 Å². The fourth-order valence-corrected chi connectivity index (χ4v) is 3.72. The number of hydrogen-bond donors (Lipinski definition) is 2. The van der Waals surface area contributed by atoms with Crippen LogP contribution in [-0.2, 0) is 0 Å². The Labute approximate surface area is 143 Å². The Morgan fingerprint density at radius 1 is 1.25 bits per heavy atom. The minimum Gasteiger partial charge on any atom is -0.388 e. The molecule has 2 N–H and O–H groups in total. The van der Waals surface area contributed by atoms with Gasteiger partial charge in [-0.25, -0.2) is 9.97 Å². The maximum Gasteiger partial charge on any atom is 0.280 e. The van der Waals surface area contributed by atoms with Gasteiger partial charge in [-0.15, -0.1) is 0 Å². The molecule has 6 heteroatoms. The van der Waals surface area contributed by atoms with Crippen LogP contribution < -0.4 is 5.32 Å². The summed E-state index contributed by atoms with van der Waals surface area (Å²) >= 11 is 1.28. The predicted molar refractivity (Wildman–Crippen MR) is 92.8 cm³/mol. The molecule has 1 unspecified atom stereocenters. The summed E-state index contributed by atoms with van der Waals surface area (Å²) in [4.78, 5) is 21.7. The van der Waals surface area contributed by atoms with Crippen LogP contribution in [0.5, 0.6) is 0 Å². The first-order chi connectivity index (χ1) is 11.7. The van der Waals surface area contributed by atoms with Gasteiger partial charge < -0.3 is 10.4 Å². The molecule has 1 aromatic carbocycles. The minimum absolute atomic E-state index is 0.204. The Morgan fingerprint density at radius 2 is 2.04 bits per heavy atom. The van der Waals surface area contributed by atoms with E-state index in [4.69, 9.17) is 0 Å². The van der Waals surface area contributed by atoms with Crippen LogP contribution in [-0.4, -0.2) is 27.5 Å². The highest BCUT2D eigenvalue weighted by Crippen LogP contribution is 2.54. The first kappa shape index (κ1) is 15.2. The molecular weight excluding hydrogens is 322 g/mol. The predicted octanol–water partition coefficient (Wildman–Crippen LogP) is 2.93. The molecule has 4 rings (SSSR count). The lowest BCUT2D eigenvalue weighted by Gasteiger charge is -2.22. The second-order valence-corrected chi connectivity index (χ2v) is 7.18. The summed E-state index contributed by atoms with van der Waals surface area (Å²) in [5, 5.41) is 14.0. The summed E-state index contributed by atoms with van der Waals surface area (Å²) < 4.78 is 0. The number of hydrogen-bond acceptors (Lipinski definition) is 5. The van der Waals surface area contributed by atoms with Crippen molar-refractivity contribution in [2.75, 3.05) is 6.54 Å². The third-order valence-corrected chi connectivity index (χ3v) is 5.53. The number of pyridine rings is 1. The van der Waals surface area contributed by atoms with E-state index in [1.165, 1.54) is 11.3 Å². The van der Waals surface area contributed by atoms with E-state index in [9.17, 15) is 9.90 Å². The molecule has 122 valence electrons. The first-order valence-corrected chi connectivity index (χ1v) is 8.72. The molecular formula is C18H17N3O2S. The quantitative estimate of drug-likeness (QED) is 0.749. The maximum absolute atomic E-state index is 12.4. The zero-order valence-corrected chi connectivity index (χ0v) is 13.8. The minimum atomic E-state index is -0.559. The number of carbonyl (C=O) groups is 1. The average molecular weight is 339 g/mol. The van der Waals surface area contributed by atoms with Gasteiger partial charge >= 0.3 is 0 Å². The van der Waals surface area contributed by atoms with Crippen molar-refractivity contribution in [1.82, 2.24) is 15.3 Å². The first-order valence-electron chi connectivity index (χ1n) is 7.91. The van der Waals surface area contributed by atoms with Gasteiger partial charge in [-0.05, 0) is 30.5 Å². The fraction of sp³-hybridized carbons (Fsp3) is 0.278. The van der Waals surface area contributed by atoms with Crippen LogP contribution in [0, 0.1) is 5.41 Å². The van der Waals surface area contributed by atoms with Crippen LogP contribution in [0.15, 0.2) is 48.7 Å². The average Bonchev–Trinajstić information content (AvgIpc) is 3.30. The van der Waals surface area contributed by atoms with Crippen LogP contribution in [0.4, 0.5) is 0 Å². The molecule has 24 heavy (non-hydrogen) atoms. The highest BCUT2D eigenvalue weighted by molar-refractivity contribution is 7.19. The van der Waals surface area contributed by atoms with Crippen molar-refractivity contribution in [3.63, 3.8) is 0 Å². The van der Waals surface area contributed by atoms with E-state index in [2.05, 4.69) is 15.3 Å². The second kappa shape index (κ2) is 5.96. The maximum atomic E-state index is 12.4. The highest BCUT2D eigenvalue weighted by Gasteiger charge is 2.49. The second-order valence-electron chi connectivity index (χ2n) is 6.20. The zero-order chi connectivity index (χ0) is 16.6. The molecule has 0 radical (unpaired) electrons. The molecule has 1 amide bonds. The summed E-state index contributed by atoms with van der Waals surface area (Å²) in [6.45, 7) is 0.450. The van der Waals surface area contributed by atoms with E-state index < -0.39 is 6.10 Å². The summed E-state index contributed by atoms with van der Waals surface area (Å²) in [6, 6.07) is 13.3. The van der Waals surface area contributed by atoms with Crippen molar-refractivity contribution in [1.29, 1.82) is 0 Å². The number of amides is 1. The number of nitrogens with one attached hydrogen (secondary N) is 1. The van der Waals surface area contributed by atoms with Gasteiger partial charge in [-0.2, -0.15) is 0 Å². The lowest BCUT2D eigenvalue weighted by molar-refractivity contribution is 0.0808. The summed E-state index contributed by atoms with van der Waals surface area (Å²) in [7, 11) is 0. The lowest BCUT2D eigenvalue weighted by Crippen LogP contribution is -2.33. The number of fused-ring (bicyclic) bond motifs is 1. The number of benzene rings is 1. The molecule has 1 aliphatic carbocycles. The SMILES string of the molecule is O=C(NCC1(C(O)c2ccccc2)CC1)c1nc2cccnc2s1. The van der Waals surface area contributed by atoms with Crippen molar-refractivity contribution < 1.29 is 9.90 Å². The Hall–Kier alpha value is -2.31. The molecule has 0 saturated heterocycles. The normalized spacial score (nSPS) is 16.7. The van der Waals surface area contributed by atoms with Gasteiger partial charge in [0.1, 0.15) is 10.3 Å². The van der Waals surface area contributed by atoms with Gasteiger partial charge in [0.05, 0.1) is 6.10 Å². The molecule has 1 fully saturated rings. The molecule has 5 nitrogen and oxygen atoms in total. The zero-order valence-electron chi connectivity index (χ0n) is 13.0. The summed E-state index contributed by atoms with van der Waals surface area (Å²) in [5.74, 6) is -0.204. The number of thiazole rings is 1. The molecule has 1 saturated carbocycles. The molecule has 0 aliphatic heterocycles. The monoisotopic (exact) mass is 339 g/mol. The van der Waals surface area contributed by atoms with Crippen LogP contribution in [0.2, 0.25) is 0 Å². The number of aliphatic hydroxyl groups excluding tert-OH is 1. The van der Waals surface area contributed by atoms with E-state index in [0.29, 0.717) is 11.6 Å². The molecule has 2 heterocycles. The molecule has 3 aromatic rings. The van der Waals surface area contributed by atoms with E-state index >= 15 is 0 Å². The van der Waals surface area contributed by atoms with Crippen molar-refractivity contribution >= 4 is 27.6 Å². The van der Waals surface area contributed by atoms with Gasteiger partial charge in [0.2, 0.25) is 0 Å². The van der Waals surface area contributed by atoms with E-state index in [0.717, 1.165) is 28.8 Å². The Balaban J connectivity index is 1.45. The fourth-order valence-electron chi connectivity index (χ4n) is 2.90. The van der Waals surface area contributed by atoms with Gasteiger partial charge in [0, 0.05) is 18.2 Å². The van der Waals surface area contributed by atoms with Gasteiger partial charge in [0.25, 0.3) is 5.91 Å². The standard InChI is InChI=1S/C18H17N3O2S/c22-14(12-5-2-1-3-6-12)18(8-9-18)11-20-15(23)17-21-13-7-4-10-19-16(13)24-17/h1-7,10,14,22H,8-9,11H2,(H,20,23). The molecule has 0 spiro atoms. The Morgan fingerprint density at radius 3 is 2.75 bits per heavy atom. The number of rotatable bonds is 5. The summed E-state index contributed by atoms with van der Waals surface area (Å²) in [5.41, 5.74) is 1.37. The summed E-state index contributed by atoms with van der Waals surface area (Å²) in [6.07, 6.45) is 2.95. The van der Waals surface area contributed by atoms with Crippen LogP contribution in [0.3, 0.4) is 0 Å². The molecule has 0 bridgehead atoms. The van der Waals surface area contributed by atoms with Crippen molar-refractivity contribution in [3.8, 4) is 0 Å². The van der Waals surface area contributed by atoms with Crippen molar-refractivity contribution in [2.24, 2.45) is 5.41 Å². The topological polar surface area (TPSA) is 75.1 Å². The molecule has 2 aromatic heterocycles. The van der Waals surface area contributed by atoms with E-state index in [1.807, 2.05) is 36.4 Å². The molecule has 1 atom stereocenters. The largest absolute Gasteiger partial charge is 0.388 e. The third kappa shape index (κ3) is 2.79. The third-order valence-electron chi connectivity index (χ3n) is 4.55. The number of nitrogens with zero attached hydrogens (tertiary/aromatic N) is 2. The Kier molecular flexibility index (Phi) is 3.78. The Bertz CT molecular complexity index is 841. The number of aliphatic hydroxyl groups is 1. The van der Waals surface area contributed by atoms with Crippen molar-refractivity contribution in [2.45, 2.75) is 18.9 Å². The van der Waals surface area contributed by atoms with E-state index in [1.54, 1.807) is 12.3 Å².